The van der Waals surface area contributed by atoms with E-state index in [1.165, 1.54) is 25.7 Å². The smallest absolute Gasteiger partial charge is 0.324 e. The molecule has 0 aliphatic heterocycles. The molecule has 3 N–H and O–H groups in total. The van der Waals surface area contributed by atoms with E-state index in [0.29, 0.717) is 19.3 Å². The van der Waals surface area contributed by atoms with Gasteiger partial charge in [-0.2, -0.15) is 5.90 Å². The van der Waals surface area contributed by atoms with Crippen molar-refractivity contribution in [1.29, 1.82) is 0 Å². The molecule has 0 spiro atoms. The number of nitrogens with two attached hydrogens (primary N) is 1. The van der Waals surface area contributed by atoms with Gasteiger partial charge in [-0.15, -0.1) is 0 Å². The van der Waals surface area contributed by atoms with Crippen molar-refractivity contribution in [3.63, 3.8) is 0 Å². The summed E-state index contributed by atoms with van der Waals surface area (Å²) < 4.78 is 5.47. The third-order valence-electron chi connectivity index (χ3n) is 4.86. The number of hydrogen-bond donors (Lipinski definition) is 2. The van der Waals surface area contributed by atoms with Crippen LogP contribution >= 0.6 is 0 Å². The first kappa shape index (κ1) is 25.9. The monoisotopic (exact) mass is 387 g/mol. The zero-order chi connectivity index (χ0) is 20.3. The number of rotatable bonds is 18. The standard InChI is InChI=1S/C21H41NO5/c1-3-5-6-7-10-13-16-19(26-20(24)4-2)18(23)15-12-9-8-11-14-17-21(25)27-22/h18-19,23H,3-17,22H2,1-2H3. The molecule has 27 heavy (non-hydrogen) atoms. The molecule has 0 radical (unpaired) electrons. The van der Waals surface area contributed by atoms with Gasteiger partial charge >= 0.3 is 11.9 Å². The van der Waals surface area contributed by atoms with Crippen LogP contribution in [0.1, 0.15) is 110 Å². The van der Waals surface area contributed by atoms with Crippen LogP contribution in [0.4, 0.5) is 0 Å². The number of esters is 1. The highest BCUT2D eigenvalue weighted by Crippen LogP contribution is 2.18. The highest BCUT2D eigenvalue weighted by Gasteiger charge is 2.22. The largest absolute Gasteiger partial charge is 0.460 e. The molecule has 0 amide bonds. The summed E-state index contributed by atoms with van der Waals surface area (Å²) in [7, 11) is 0. The number of aliphatic hydroxyl groups is 1. The molecule has 0 rings (SSSR count). The van der Waals surface area contributed by atoms with Crippen LogP contribution in [0, 0.1) is 0 Å². The second-order valence-electron chi connectivity index (χ2n) is 7.30. The van der Waals surface area contributed by atoms with E-state index in [1.54, 1.807) is 6.92 Å². The maximum Gasteiger partial charge on any atom is 0.324 e. The van der Waals surface area contributed by atoms with Crippen LogP contribution in [0.5, 0.6) is 0 Å². The van der Waals surface area contributed by atoms with E-state index in [9.17, 15) is 14.7 Å². The van der Waals surface area contributed by atoms with E-state index in [4.69, 9.17) is 10.6 Å². The van der Waals surface area contributed by atoms with Gasteiger partial charge in [-0.25, -0.2) is 0 Å². The summed E-state index contributed by atoms with van der Waals surface area (Å²) in [6, 6.07) is 0. The third kappa shape index (κ3) is 15.6. The van der Waals surface area contributed by atoms with Crippen LogP contribution < -0.4 is 5.90 Å². The molecule has 0 aromatic rings. The number of unbranched alkanes of at least 4 members (excludes halogenated alkanes) is 9. The maximum atomic E-state index is 11.6. The number of hydrogen-bond acceptors (Lipinski definition) is 6. The van der Waals surface area contributed by atoms with Gasteiger partial charge in [0.2, 0.25) is 0 Å². The Kier molecular flexibility index (Phi) is 17.5. The van der Waals surface area contributed by atoms with Crippen LogP contribution in [0.2, 0.25) is 0 Å². The van der Waals surface area contributed by atoms with Crippen LogP contribution in [0.15, 0.2) is 0 Å². The molecule has 2 atom stereocenters. The average Bonchev–Trinajstić information content (AvgIpc) is 2.68. The summed E-state index contributed by atoms with van der Waals surface area (Å²) in [5.41, 5.74) is 0. The fourth-order valence-corrected chi connectivity index (χ4v) is 3.11. The zero-order valence-electron chi connectivity index (χ0n) is 17.4. The Bertz CT molecular complexity index is 376. The van der Waals surface area contributed by atoms with Crippen LogP contribution in [-0.2, 0) is 19.2 Å². The highest BCUT2D eigenvalue weighted by molar-refractivity contribution is 5.69. The minimum absolute atomic E-state index is 0.239. The molecule has 0 bridgehead atoms. The summed E-state index contributed by atoms with van der Waals surface area (Å²) in [5, 5.41) is 10.4. The molecule has 0 aromatic heterocycles. The van der Waals surface area contributed by atoms with Gasteiger partial charge < -0.3 is 14.7 Å². The Labute approximate surface area is 165 Å². The molecule has 0 heterocycles. The Morgan fingerprint density at radius 1 is 0.815 bits per heavy atom. The van der Waals surface area contributed by atoms with E-state index in [0.717, 1.165) is 51.4 Å². The number of ether oxygens (including phenoxy) is 1. The molecule has 0 aromatic carbocycles. The fourth-order valence-electron chi connectivity index (χ4n) is 3.11. The quantitative estimate of drug-likeness (QED) is 0.203. The lowest BCUT2D eigenvalue weighted by Crippen LogP contribution is -2.31. The molecule has 0 aliphatic carbocycles. The van der Waals surface area contributed by atoms with E-state index in [1.807, 2.05) is 0 Å². The van der Waals surface area contributed by atoms with Gasteiger partial charge in [0.1, 0.15) is 6.10 Å². The summed E-state index contributed by atoms with van der Waals surface area (Å²) in [4.78, 5) is 26.7. The van der Waals surface area contributed by atoms with Crippen molar-refractivity contribution in [2.45, 2.75) is 122 Å². The van der Waals surface area contributed by atoms with Gasteiger partial charge in [-0.3, -0.25) is 9.59 Å². The highest BCUT2D eigenvalue weighted by atomic mass is 16.7. The molecule has 160 valence electrons. The molecular weight excluding hydrogens is 346 g/mol. The molecular formula is C21H41NO5. The summed E-state index contributed by atoms with van der Waals surface area (Å²) in [5.74, 6) is 4.18. The Morgan fingerprint density at radius 3 is 1.96 bits per heavy atom. The SMILES string of the molecule is CCCCCCCCC(OC(=O)CC)C(O)CCCCCCCC(=O)ON. The van der Waals surface area contributed by atoms with Crippen molar-refractivity contribution >= 4 is 11.9 Å². The zero-order valence-corrected chi connectivity index (χ0v) is 17.4. The van der Waals surface area contributed by atoms with E-state index >= 15 is 0 Å². The fraction of sp³-hybridized carbons (Fsp3) is 0.905. The first-order chi connectivity index (χ1) is 13.0. The van der Waals surface area contributed by atoms with Crippen molar-refractivity contribution in [3.05, 3.63) is 0 Å². The summed E-state index contributed by atoms with van der Waals surface area (Å²) in [6.07, 6.45) is 12.7. The second-order valence-corrected chi connectivity index (χ2v) is 7.30. The lowest BCUT2D eigenvalue weighted by molar-refractivity contribution is -0.155. The number of carbonyl (C=O) groups excluding carboxylic acids is 2. The molecule has 6 heteroatoms. The minimum Gasteiger partial charge on any atom is -0.460 e. The van der Waals surface area contributed by atoms with Crippen LogP contribution in [0.3, 0.4) is 0 Å². The van der Waals surface area contributed by atoms with Gasteiger partial charge in [-0.1, -0.05) is 71.6 Å². The van der Waals surface area contributed by atoms with Crippen LogP contribution in [-0.4, -0.2) is 29.3 Å². The van der Waals surface area contributed by atoms with Crippen LogP contribution in [0.25, 0.3) is 0 Å². The second kappa shape index (κ2) is 18.2. The Morgan fingerprint density at radius 2 is 1.37 bits per heavy atom. The molecule has 6 nitrogen and oxygen atoms in total. The van der Waals surface area contributed by atoms with Crippen molar-refractivity contribution in [2.24, 2.45) is 5.90 Å². The van der Waals surface area contributed by atoms with Gasteiger partial charge in [0.15, 0.2) is 0 Å². The van der Waals surface area contributed by atoms with E-state index in [2.05, 4.69) is 11.8 Å². The lowest BCUT2D eigenvalue weighted by Gasteiger charge is -2.23. The predicted molar refractivity (Wildman–Crippen MR) is 107 cm³/mol. The third-order valence-corrected chi connectivity index (χ3v) is 4.86. The van der Waals surface area contributed by atoms with Crippen molar-refractivity contribution in [1.82, 2.24) is 0 Å². The molecule has 0 fully saturated rings. The van der Waals surface area contributed by atoms with Gasteiger partial charge in [0.05, 0.1) is 6.10 Å². The van der Waals surface area contributed by atoms with Crippen molar-refractivity contribution in [2.75, 3.05) is 0 Å². The average molecular weight is 388 g/mol. The topological polar surface area (TPSA) is 98.8 Å². The Balaban J connectivity index is 3.99. The number of aliphatic hydroxyl groups excluding tert-OH is 1. The first-order valence-corrected chi connectivity index (χ1v) is 10.8. The van der Waals surface area contributed by atoms with E-state index < -0.39 is 6.10 Å². The summed E-state index contributed by atoms with van der Waals surface area (Å²) in [6.45, 7) is 3.97. The molecule has 0 aliphatic rings. The predicted octanol–water partition coefficient (Wildman–Crippen LogP) is 4.57. The van der Waals surface area contributed by atoms with Gasteiger partial charge in [-0.05, 0) is 25.7 Å². The summed E-state index contributed by atoms with van der Waals surface area (Å²) >= 11 is 0. The van der Waals surface area contributed by atoms with Crippen molar-refractivity contribution in [3.8, 4) is 0 Å². The van der Waals surface area contributed by atoms with Crippen molar-refractivity contribution < 1.29 is 24.3 Å². The number of carbonyl (C=O) groups is 2. The normalized spacial score (nSPS) is 13.2. The van der Waals surface area contributed by atoms with Gasteiger partial charge in [0, 0.05) is 12.8 Å². The van der Waals surface area contributed by atoms with Gasteiger partial charge in [0.25, 0.3) is 0 Å². The Hall–Kier alpha value is -1.14. The molecule has 0 saturated heterocycles. The maximum absolute atomic E-state index is 11.6. The lowest BCUT2D eigenvalue weighted by atomic mass is 9.99. The minimum atomic E-state index is -0.594. The molecule has 2 unspecified atom stereocenters. The van der Waals surface area contributed by atoms with E-state index in [-0.39, 0.29) is 18.0 Å². The molecule has 0 saturated carbocycles. The first-order valence-electron chi connectivity index (χ1n) is 10.8.